The van der Waals surface area contributed by atoms with Crippen molar-refractivity contribution in [2.75, 3.05) is 32.8 Å². The average Bonchev–Trinajstić information content (AvgIpc) is 3.06. The third kappa shape index (κ3) is 3.44. The molecule has 6 heteroatoms. The molecular formula is C15H26N4O2. The van der Waals surface area contributed by atoms with Gasteiger partial charge in [-0.15, -0.1) is 0 Å². The second kappa shape index (κ2) is 6.85. The van der Waals surface area contributed by atoms with Crippen LogP contribution in [-0.4, -0.2) is 47.8 Å². The lowest BCUT2D eigenvalue weighted by Gasteiger charge is -2.24. The van der Waals surface area contributed by atoms with Gasteiger partial charge in [0.2, 0.25) is 11.7 Å². The van der Waals surface area contributed by atoms with Crippen LogP contribution in [0.2, 0.25) is 0 Å². The van der Waals surface area contributed by atoms with Crippen LogP contribution in [0.15, 0.2) is 4.52 Å². The summed E-state index contributed by atoms with van der Waals surface area (Å²) in [5, 5.41) is 7.63. The molecule has 2 aliphatic rings. The molecule has 0 radical (unpaired) electrons. The summed E-state index contributed by atoms with van der Waals surface area (Å²) in [5.74, 6) is 1.47. The lowest BCUT2D eigenvalue weighted by Crippen LogP contribution is -2.29. The first-order valence-corrected chi connectivity index (χ1v) is 8.22. The molecule has 0 bridgehead atoms. The number of ether oxygens (including phenoxy) is 1. The zero-order valence-corrected chi connectivity index (χ0v) is 12.9. The molecule has 2 fully saturated rings. The van der Waals surface area contributed by atoms with E-state index in [4.69, 9.17) is 9.26 Å². The van der Waals surface area contributed by atoms with Crippen LogP contribution >= 0.6 is 0 Å². The van der Waals surface area contributed by atoms with Gasteiger partial charge in [0.05, 0.1) is 6.54 Å². The van der Waals surface area contributed by atoms with E-state index >= 15 is 0 Å². The molecule has 1 aromatic rings. The van der Waals surface area contributed by atoms with E-state index in [2.05, 4.69) is 20.4 Å². The van der Waals surface area contributed by atoms with Crippen LogP contribution < -0.4 is 5.32 Å². The Balaban J connectivity index is 1.67. The number of hydrogen-bond acceptors (Lipinski definition) is 6. The number of rotatable bonds is 5. The Labute approximate surface area is 126 Å². The summed E-state index contributed by atoms with van der Waals surface area (Å²) in [6.45, 7) is 7.72. The molecule has 21 heavy (non-hydrogen) atoms. The molecule has 0 amide bonds. The van der Waals surface area contributed by atoms with Gasteiger partial charge in [0.1, 0.15) is 5.60 Å². The molecule has 1 aliphatic carbocycles. The average molecular weight is 294 g/mol. The minimum Gasteiger partial charge on any atom is -0.367 e. The van der Waals surface area contributed by atoms with Gasteiger partial charge in [0.15, 0.2) is 0 Å². The molecule has 1 saturated heterocycles. The first kappa shape index (κ1) is 14.9. The summed E-state index contributed by atoms with van der Waals surface area (Å²) >= 11 is 0. The fourth-order valence-corrected chi connectivity index (χ4v) is 3.41. The minimum absolute atomic E-state index is 0.295. The number of nitrogens with zero attached hydrogens (tertiary/aromatic N) is 3. The maximum Gasteiger partial charge on any atom is 0.240 e. The first-order valence-electron chi connectivity index (χ1n) is 8.22. The lowest BCUT2D eigenvalue weighted by atomic mass is 10.0. The minimum atomic E-state index is -0.295. The van der Waals surface area contributed by atoms with Gasteiger partial charge in [-0.3, -0.25) is 4.90 Å². The van der Waals surface area contributed by atoms with Gasteiger partial charge in [-0.1, -0.05) is 5.16 Å². The van der Waals surface area contributed by atoms with Gasteiger partial charge in [-0.25, -0.2) is 0 Å². The van der Waals surface area contributed by atoms with Crippen LogP contribution in [0.3, 0.4) is 0 Å². The molecule has 0 unspecified atom stereocenters. The fraction of sp³-hybridized carbons (Fsp3) is 0.867. The molecule has 0 atom stereocenters. The van der Waals surface area contributed by atoms with Crippen molar-refractivity contribution < 1.29 is 9.26 Å². The zero-order chi connectivity index (χ0) is 14.5. The van der Waals surface area contributed by atoms with Gasteiger partial charge in [0.25, 0.3) is 0 Å². The molecule has 1 saturated carbocycles. The second-order valence-electron chi connectivity index (χ2n) is 6.03. The molecule has 1 N–H and O–H groups in total. The van der Waals surface area contributed by atoms with Gasteiger partial charge in [0, 0.05) is 19.7 Å². The summed E-state index contributed by atoms with van der Waals surface area (Å²) in [7, 11) is 0. The van der Waals surface area contributed by atoms with E-state index in [0.717, 1.165) is 57.3 Å². The largest absolute Gasteiger partial charge is 0.367 e. The highest BCUT2D eigenvalue weighted by molar-refractivity contribution is 5.04. The van der Waals surface area contributed by atoms with E-state index < -0.39 is 0 Å². The molecular weight excluding hydrogens is 268 g/mol. The topological polar surface area (TPSA) is 63.4 Å². The Kier molecular flexibility index (Phi) is 4.87. The standard InChI is InChI=1S/C15H26N4O2/c1-2-20-15(6-3-4-7-15)14-17-13(21-18-14)12-19-10-5-8-16-9-11-19/h16H,2-12H2,1H3. The van der Waals surface area contributed by atoms with E-state index in [-0.39, 0.29) is 5.60 Å². The molecule has 0 spiro atoms. The van der Waals surface area contributed by atoms with E-state index in [1.165, 1.54) is 19.3 Å². The van der Waals surface area contributed by atoms with Gasteiger partial charge < -0.3 is 14.6 Å². The molecule has 2 heterocycles. The first-order chi connectivity index (χ1) is 10.3. The number of nitrogens with one attached hydrogen (secondary N) is 1. The molecule has 3 rings (SSSR count). The van der Waals surface area contributed by atoms with Crippen molar-refractivity contribution in [3.05, 3.63) is 11.7 Å². The van der Waals surface area contributed by atoms with Gasteiger partial charge in [-0.05, 0) is 52.1 Å². The zero-order valence-electron chi connectivity index (χ0n) is 12.9. The van der Waals surface area contributed by atoms with E-state index in [9.17, 15) is 0 Å². The maximum absolute atomic E-state index is 5.99. The van der Waals surface area contributed by atoms with Crippen LogP contribution in [0, 0.1) is 0 Å². The smallest absolute Gasteiger partial charge is 0.240 e. The maximum atomic E-state index is 5.99. The molecule has 1 aliphatic heterocycles. The van der Waals surface area contributed by atoms with Crippen molar-refractivity contribution in [3.63, 3.8) is 0 Å². The monoisotopic (exact) mass is 294 g/mol. The number of aromatic nitrogens is 2. The highest BCUT2D eigenvalue weighted by Crippen LogP contribution is 2.40. The molecule has 1 aromatic heterocycles. The Bertz CT molecular complexity index is 435. The molecule has 6 nitrogen and oxygen atoms in total. The van der Waals surface area contributed by atoms with Crippen LogP contribution in [-0.2, 0) is 16.9 Å². The predicted octanol–water partition coefficient (Wildman–Crippen LogP) is 1.67. The van der Waals surface area contributed by atoms with Crippen LogP contribution in [0.4, 0.5) is 0 Å². The molecule has 0 aromatic carbocycles. The normalized spacial score (nSPS) is 23.3. The predicted molar refractivity (Wildman–Crippen MR) is 78.8 cm³/mol. The highest BCUT2D eigenvalue weighted by Gasteiger charge is 2.40. The quantitative estimate of drug-likeness (QED) is 0.891. The Hall–Kier alpha value is -0.980. The summed E-state index contributed by atoms with van der Waals surface area (Å²) in [6.07, 6.45) is 5.55. The van der Waals surface area contributed by atoms with E-state index in [1.807, 2.05) is 6.92 Å². The van der Waals surface area contributed by atoms with Crippen molar-refractivity contribution in [2.45, 2.75) is 51.2 Å². The van der Waals surface area contributed by atoms with Crippen molar-refractivity contribution in [1.82, 2.24) is 20.4 Å². The SMILES string of the molecule is CCOC1(c2noc(CN3CCCNCC3)n2)CCCC1. The van der Waals surface area contributed by atoms with Crippen LogP contribution in [0.5, 0.6) is 0 Å². The third-order valence-electron chi connectivity index (χ3n) is 4.50. The summed E-state index contributed by atoms with van der Waals surface area (Å²) in [5.41, 5.74) is -0.295. The Morgan fingerprint density at radius 3 is 2.90 bits per heavy atom. The van der Waals surface area contributed by atoms with Crippen molar-refractivity contribution in [2.24, 2.45) is 0 Å². The van der Waals surface area contributed by atoms with Crippen LogP contribution in [0.1, 0.15) is 50.7 Å². The van der Waals surface area contributed by atoms with Gasteiger partial charge in [-0.2, -0.15) is 4.98 Å². The second-order valence-corrected chi connectivity index (χ2v) is 6.03. The fourth-order valence-electron chi connectivity index (χ4n) is 3.41. The highest BCUT2D eigenvalue weighted by atomic mass is 16.5. The third-order valence-corrected chi connectivity index (χ3v) is 4.50. The summed E-state index contributed by atoms with van der Waals surface area (Å²) in [6, 6.07) is 0. The van der Waals surface area contributed by atoms with E-state index in [1.54, 1.807) is 0 Å². The van der Waals surface area contributed by atoms with E-state index in [0.29, 0.717) is 6.61 Å². The van der Waals surface area contributed by atoms with Crippen molar-refractivity contribution in [1.29, 1.82) is 0 Å². The van der Waals surface area contributed by atoms with Gasteiger partial charge >= 0.3 is 0 Å². The lowest BCUT2D eigenvalue weighted by molar-refractivity contribution is -0.0469. The summed E-state index contributed by atoms with van der Waals surface area (Å²) in [4.78, 5) is 7.02. The summed E-state index contributed by atoms with van der Waals surface area (Å²) < 4.78 is 11.5. The Morgan fingerprint density at radius 1 is 1.24 bits per heavy atom. The van der Waals surface area contributed by atoms with Crippen molar-refractivity contribution >= 4 is 0 Å². The molecule has 118 valence electrons. The van der Waals surface area contributed by atoms with Crippen molar-refractivity contribution in [3.8, 4) is 0 Å². The Morgan fingerprint density at radius 2 is 2.10 bits per heavy atom. The number of hydrogen-bond donors (Lipinski definition) is 1. The van der Waals surface area contributed by atoms with Crippen LogP contribution in [0.25, 0.3) is 0 Å².